The van der Waals surface area contributed by atoms with E-state index in [0.717, 1.165) is 18.5 Å². The van der Waals surface area contributed by atoms with Gasteiger partial charge in [-0.2, -0.15) is 0 Å². The van der Waals surface area contributed by atoms with Gasteiger partial charge in [0.05, 0.1) is 18.4 Å². The van der Waals surface area contributed by atoms with E-state index in [1.54, 1.807) is 12.3 Å². The number of hydrogen-bond acceptors (Lipinski definition) is 4. The summed E-state index contributed by atoms with van der Waals surface area (Å²) < 4.78 is 4.63. The predicted molar refractivity (Wildman–Crippen MR) is 71.4 cm³/mol. The van der Waals surface area contributed by atoms with Crippen molar-refractivity contribution in [2.45, 2.75) is 45.7 Å². The first kappa shape index (κ1) is 14.6. The standard InChI is InChI=1S/C14H22N2O2/c1-5-14(3,6-2)16-10-12-8-7-11(9-15-12)13(17)18-4/h7-9,16H,5-6,10H2,1-4H3. The molecule has 18 heavy (non-hydrogen) atoms. The van der Waals surface area contributed by atoms with Gasteiger partial charge < -0.3 is 10.1 Å². The number of nitrogens with zero attached hydrogens (tertiary/aromatic N) is 1. The summed E-state index contributed by atoms with van der Waals surface area (Å²) in [7, 11) is 1.37. The zero-order valence-electron chi connectivity index (χ0n) is 11.6. The molecule has 0 radical (unpaired) electrons. The molecule has 0 fully saturated rings. The number of ether oxygens (including phenoxy) is 1. The van der Waals surface area contributed by atoms with Crippen molar-refractivity contribution in [3.05, 3.63) is 29.6 Å². The van der Waals surface area contributed by atoms with E-state index in [-0.39, 0.29) is 11.5 Å². The van der Waals surface area contributed by atoms with Crippen LogP contribution in [0.5, 0.6) is 0 Å². The highest BCUT2D eigenvalue weighted by Gasteiger charge is 2.18. The lowest BCUT2D eigenvalue weighted by atomic mass is 9.95. The van der Waals surface area contributed by atoms with Crippen molar-refractivity contribution < 1.29 is 9.53 Å². The summed E-state index contributed by atoms with van der Waals surface area (Å²) in [5.41, 5.74) is 1.55. The predicted octanol–water partition coefficient (Wildman–Crippen LogP) is 2.54. The molecule has 0 spiro atoms. The Labute approximate surface area is 109 Å². The monoisotopic (exact) mass is 250 g/mol. The quantitative estimate of drug-likeness (QED) is 0.788. The molecule has 4 nitrogen and oxygen atoms in total. The third-order valence-corrected chi connectivity index (χ3v) is 3.50. The van der Waals surface area contributed by atoms with Gasteiger partial charge in [0.15, 0.2) is 0 Å². The Bertz CT molecular complexity index is 383. The van der Waals surface area contributed by atoms with E-state index in [2.05, 4.69) is 35.8 Å². The Hall–Kier alpha value is -1.42. The summed E-state index contributed by atoms with van der Waals surface area (Å²) in [6, 6.07) is 3.59. The Morgan fingerprint density at radius 3 is 2.50 bits per heavy atom. The summed E-state index contributed by atoms with van der Waals surface area (Å²) >= 11 is 0. The van der Waals surface area contributed by atoms with Gasteiger partial charge in [-0.15, -0.1) is 0 Å². The molecular formula is C14H22N2O2. The van der Waals surface area contributed by atoms with Crippen LogP contribution in [0.3, 0.4) is 0 Å². The molecule has 100 valence electrons. The van der Waals surface area contributed by atoms with Crippen LogP contribution in [-0.2, 0) is 11.3 Å². The third kappa shape index (κ3) is 3.81. The SMILES string of the molecule is CCC(C)(CC)NCc1ccc(C(=O)OC)cn1. The molecule has 0 aliphatic heterocycles. The van der Waals surface area contributed by atoms with Gasteiger partial charge in [-0.1, -0.05) is 13.8 Å². The van der Waals surface area contributed by atoms with E-state index < -0.39 is 0 Å². The summed E-state index contributed by atoms with van der Waals surface area (Å²) in [5.74, 6) is -0.353. The van der Waals surface area contributed by atoms with Crippen molar-refractivity contribution in [1.82, 2.24) is 10.3 Å². The van der Waals surface area contributed by atoms with Gasteiger partial charge in [-0.25, -0.2) is 4.79 Å². The number of pyridine rings is 1. The second kappa shape index (κ2) is 6.50. The number of rotatable bonds is 6. The molecule has 1 aromatic rings. The van der Waals surface area contributed by atoms with Crippen molar-refractivity contribution in [3.63, 3.8) is 0 Å². The maximum absolute atomic E-state index is 11.3. The van der Waals surface area contributed by atoms with Crippen molar-refractivity contribution in [1.29, 1.82) is 0 Å². The first-order valence-electron chi connectivity index (χ1n) is 6.33. The highest BCUT2D eigenvalue weighted by atomic mass is 16.5. The van der Waals surface area contributed by atoms with E-state index in [0.29, 0.717) is 12.1 Å². The smallest absolute Gasteiger partial charge is 0.339 e. The maximum Gasteiger partial charge on any atom is 0.339 e. The minimum absolute atomic E-state index is 0.142. The van der Waals surface area contributed by atoms with Crippen molar-refractivity contribution in [3.8, 4) is 0 Å². The normalized spacial score (nSPS) is 11.3. The average Bonchev–Trinajstić information content (AvgIpc) is 2.44. The molecule has 1 aromatic heterocycles. The molecule has 0 atom stereocenters. The summed E-state index contributed by atoms with van der Waals surface area (Å²) in [6.45, 7) is 7.25. The average molecular weight is 250 g/mol. The summed E-state index contributed by atoms with van der Waals surface area (Å²) in [5, 5.41) is 3.50. The number of carbonyl (C=O) groups excluding carboxylic acids is 1. The van der Waals surface area contributed by atoms with Crippen LogP contribution >= 0.6 is 0 Å². The van der Waals surface area contributed by atoms with Gasteiger partial charge in [-0.05, 0) is 31.9 Å². The van der Waals surface area contributed by atoms with Crippen LogP contribution in [-0.4, -0.2) is 23.6 Å². The first-order valence-corrected chi connectivity index (χ1v) is 6.33. The lowest BCUT2D eigenvalue weighted by Gasteiger charge is -2.28. The van der Waals surface area contributed by atoms with Gasteiger partial charge in [-0.3, -0.25) is 4.98 Å². The Morgan fingerprint density at radius 1 is 1.39 bits per heavy atom. The molecule has 1 N–H and O–H groups in total. The number of carbonyl (C=O) groups is 1. The molecule has 0 aromatic carbocycles. The molecular weight excluding hydrogens is 228 g/mol. The minimum atomic E-state index is -0.353. The second-order valence-corrected chi connectivity index (χ2v) is 4.65. The van der Waals surface area contributed by atoms with Crippen molar-refractivity contribution in [2.75, 3.05) is 7.11 Å². The van der Waals surface area contributed by atoms with E-state index >= 15 is 0 Å². The zero-order chi connectivity index (χ0) is 13.6. The van der Waals surface area contributed by atoms with Crippen LogP contribution < -0.4 is 5.32 Å². The largest absolute Gasteiger partial charge is 0.465 e. The van der Waals surface area contributed by atoms with Crippen LogP contribution in [0.2, 0.25) is 0 Å². The number of aromatic nitrogens is 1. The Kier molecular flexibility index (Phi) is 5.28. The first-order chi connectivity index (χ1) is 8.54. The van der Waals surface area contributed by atoms with Gasteiger partial charge in [0.2, 0.25) is 0 Å². The Morgan fingerprint density at radius 2 is 2.06 bits per heavy atom. The van der Waals surface area contributed by atoms with Gasteiger partial charge >= 0.3 is 5.97 Å². The van der Waals surface area contributed by atoms with E-state index in [4.69, 9.17) is 0 Å². The zero-order valence-corrected chi connectivity index (χ0v) is 11.6. The third-order valence-electron chi connectivity index (χ3n) is 3.50. The molecule has 0 aliphatic rings. The molecule has 0 aliphatic carbocycles. The fourth-order valence-electron chi connectivity index (χ4n) is 1.57. The number of esters is 1. The van der Waals surface area contributed by atoms with Crippen LogP contribution in [0.4, 0.5) is 0 Å². The highest BCUT2D eigenvalue weighted by molar-refractivity contribution is 5.88. The molecule has 0 amide bonds. The maximum atomic E-state index is 11.3. The highest BCUT2D eigenvalue weighted by Crippen LogP contribution is 2.14. The minimum Gasteiger partial charge on any atom is -0.465 e. The van der Waals surface area contributed by atoms with E-state index in [1.165, 1.54) is 7.11 Å². The number of methoxy groups -OCH3 is 1. The van der Waals surface area contributed by atoms with Crippen LogP contribution in [0.25, 0.3) is 0 Å². The van der Waals surface area contributed by atoms with E-state index in [1.807, 2.05) is 6.07 Å². The lowest BCUT2D eigenvalue weighted by Crippen LogP contribution is -2.40. The van der Waals surface area contributed by atoms with Crippen molar-refractivity contribution in [2.24, 2.45) is 0 Å². The fraction of sp³-hybridized carbons (Fsp3) is 0.571. The second-order valence-electron chi connectivity index (χ2n) is 4.65. The van der Waals surface area contributed by atoms with Crippen molar-refractivity contribution >= 4 is 5.97 Å². The van der Waals surface area contributed by atoms with Gasteiger partial charge in [0.1, 0.15) is 0 Å². The fourth-order valence-corrected chi connectivity index (χ4v) is 1.57. The molecule has 0 unspecified atom stereocenters. The summed E-state index contributed by atoms with van der Waals surface area (Å²) in [6.07, 6.45) is 3.70. The molecule has 0 saturated carbocycles. The van der Waals surface area contributed by atoms with E-state index in [9.17, 15) is 4.79 Å². The molecule has 1 heterocycles. The molecule has 1 rings (SSSR count). The molecule has 0 saturated heterocycles. The van der Waals surface area contributed by atoms with Crippen LogP contribution in [0.15, 0.2) is 18.3 Å². The van der Waals surface area contributed by atoms with Crippen LogP contribution in [0.1, 0.15) is 49.7 Å². The summed E-state index contributed by atoms with van der Waals surface area (Å²) in [4.78, 5) is 15.5. The van der Waals surface area contributed by atoms with Gasteiger partial charge in [0, 0.05) is 18.3 Å². The van der Waals surface area contributed by atoms with Crippen LogP contribution in [0, 0.1) is 0 Å². The number of hydrogen-bond donors (Lipinski definition) is 1. The molecule has 0 bridgehead atoms. The Balaban J connectivity index is 2.62. The molecule has 4 heteroatoms. The van der Waals surface area contributed by atoms with Gasteiger partial charge in [0.25, 0.3) is 0 Å². The topological polar surface area (TPSA) is 51.2 Å². The number of nitrogens with one attached hydrogen (secondary N) is 1. The lowest BCUT2D eigenvalue weighted by molar-refractivity contribution is 0.0600.